The van der Waals surface area contributed by atoms with Crippen molar-refractivity contribution in [1.29, 1.82) is 0 Å². The molecule has 2 heterocycles. The van der Waals surface area contributed by atoms with Crippen LogP contribution in [0.3, 0.4) is 0 Å². The lowest BCUT2D eigenvalue weighted by atomic mass is 10.3. The number of pyridine rings is 1. The molecule has 0 saturated carbocycles. The van der Waals surface area contributed by atoms with Crippen LogP contribution >= 0.6 is 11.5 Å². The number of rotatable bonds is 3. The van der Waals surface area contributed by atoms with Crippen molar-refractivity contribution in [2.24, 2.45) is 0 Å². The zero-order chi connectivity index (χ0) is 10.7. The molecule has 0 spiro atoms. The summed E-state index contributed by atoms with van der Waals surface area (Å²) in [5.41, 5.74) is 0.0667. The fourth-order valence-electron chi connectivity index (χ4n) is 0.900. The monoisotopic (exact) mass is 223 g/mol. The van der Waals surface area contributed by atoms with E-state index in [1.165, 1.54) is 24.8 Å². The first-order valence-electron chi connectivity index (χ1n) is 3.88. The molecule has 6 nitrogen and oxygen atoms in total. The Balaban J connectivity index is 2.22. The highest BCUT2D eigenvalue weighted by Gasteiger charge is 2.06. The van der Waals surface area contributed by atoms with Crippen LogP contribution in [-0.2, 0) is 0 Å². The predicted octanol–water partition coefficient (Wildman–Crippen LogP) is 1.42. The second-order valence-electron chi connectivity index (χ2n) is 2.52. The number of carbonyl (C=O) groups is 1. The Morgan fingerprint density at radius 2 is 2.33 bits per heavy atom. The van der Waals surface area contributed by atoms with E-state index in [1.54, 1.807) is 0 Å². The Morgan fingerprint density at radius 3 is 3.00 bits per heavy atom. The zero-order valence-corrected chi connectivity index (χ0v) is 8.14. The summed E-state index contributed by atoms with van der Waals surface area (Å²) in [5, 5.41) is 9.06. The standard InChI is InChI=1S/C8H5N3O3S/c12-7(13)5-1-6(3-9-2-5)14-8-10-4-11-15-8/h1-4H,(H,12,13). The van der Waals surface area contributed by atoms with Gasteiger partial charge in [0.05, 0.1) is 11.8 Å². The lowest BCUT2D eigenvalue weighted by molar-refractivity contribution is 0.0696. The van der Waals surface area contributed by atoms with Crippen molar-refractivity contribution in [2.45, 2.75) is 0 Å². The third-order valence-corrected chi connectivity index (χ3v) is 2.05. The minimum absolute atomic E-state index is 0.0667. The summed E-state index contributed by atoms with van der Waals surface area (Å²) in [5.74, 6) is -0.725. The van der Waals surface area contributed by atoms with Crippen LogP contribution in [0.2, 0.25) is 0 Å². The number of hydrogen-bond acceptors (Lipinski definition) is 6. The molecule has 0 aromatic carbocycles. The van der Waals surface area contributed by atoms with Crippen LogP contribution in [0.4, 0.5) is 0 Å². The average molecular weight is 223 g/mol. The molecule has 0 fully saturated rings. The molecule has 0 aliphatic rings. The molecule has 0 unspecified atom stereocenters. The van der Waals surface area contributed by atoms with Crippen LogP contribution in [0.5, 0.6) is 10.9 Å². The van der Waals surface area contributed by atoms with Gasteiger partial charge in [0.2, 0.25) is 0 Å². The summed E-state index contributed by atoms with van der Waals surface area (Å²) in [6.07, 6.45) is 4.01. The Morgan fingerprint density at radius 1 is 1.47 bits per heavy atom. The Labute approximate surface area is 88.4 Å². The zero-order valence-electron chi connectivity index (χ0n) is 7.32. The van der Waals surface area contributed by atoms with Crippen LogP contribution in [0.25, 0.3) is 0 Å². The van der Waals surface area contributed by atoms with Crippen LogP contribution in [-0.4, -0.2) is 25.4 Å². The molecule has 76 valence electrons. The smallest absolute Gasteiger partial charge is 0.337 e. The number of hydrogen-bond donors (Lipinski definition) is 1. The van der Waals surface area contributed by atoms with Gasteiger partial charge in [-0.15, -0.1) is 0 Å². The maximum absolute atomic E-state index is 10.6. The van der Waals surface area contributed by atoms with Gasteiger partial charge in [0, 0.05) is 17.7 Å². The van der Waals surface area contributed by atoms with E-state index in [-0.39, 0.29) is 5.56 Å². The SMILES string of the molecule is O=C(O)c1cncc(Oc2ncns2)c1. The van der Waals surface area contributed by atoms with E-state index in [0.717, 1.165) is 11.5 Å². The van der Waals surface area contributed by atoms with Gasteiger partial charge in [-0.25, -0.2) is 4.79 Å². The second kappa shape index (κ2) is 4.01. The van der Waals surface area contributed by atoms with Gasteiger partial charge < -0.3 is 9.84 Å². The summed E-state index contributed by atoms with van der Waals surface area (Å²) in [4.78, 5) is 18.2. The topological polar surface area (TPSA) is 85.2 Å². The lowest BCUT2D eigenvalue weighted by Gasteiger charge is -2.00. The van der Waals surface area contributed by atoms with Crippen molar-refractivity contribution in [1.82, 2.24) is 14.3 Å². The molecule has 0 aliphatic carbocycles. The lowest BCUT2D eigenvalue weighted by Crippen LogP contribution is -1.97. The number of aromatic carboxylic acids is 1. The Hall–Kier alpha value is -2.02. The van der Waals surface area contributed by atoms with Crippen molar-refractivity contribution in [3.05, 3.63) is 30.4 Å². The predicted molar refractivity (Wildman–Crippen MR) is 51.2 cm³/mol. The van der Waals surface area contributed by atoms with Crippen LogP contribution in [0.15, 0.2) is 24.8 Å². The number of carboxylic acid groups (broad SMARTS) is 1. The quantitative estimate of drug-likeness (QED) is 0.847. The molecule has 1 N–H and O–H groups in total. The fourth-order valence-corrected chi connectivity index (χ4v) is 1.31. The summed E-state index contributed by atoms with van der Waals surface area (Å²) < 4.78 is 8.97. The average Bonchev–Trinajstić information content (AvgIpc) is 2.71. The van der Waals surface area contributed by atoms with Gasteiger partial charge in [0.1, 0.15) is 12.1 Å². The van der Waals surface area contributed by atoms with Gasteiger partial charge in [-0.1, -0.05) is 0 Å². The van der Waals surface area contributed by atoms with Gasteiger partial charge in [0.15, 0.2) is 0 Å². The summed E-state index contributed by atoms with van der Waals surface area (Å²) in [7, 11) is 0. The fraction of sp³-hybridized carbons (Fsp3) is 0. The highest BCUT2D eigenvalue weighted by atomic mass is 32.1. The summed E-state index contributed by atoms with van der Waals surface area (Å²) in [6.45, 7) is 0. The minimum Gasteiger partial charge on any atom is -0.478 e. The number of carboxylic acids is 1. The molecular weight excluding hydrogens is 218 g/mol. The third-order valence-electron chi connectivity index (χ3n) is 1.51. The van der Waals surface area contributed by atoms with E-state index in [2.05, 4.69) is 14.3 Å². The van der Waals surface area contributed by atoms with E-state index in [9.17, 15) is 4.79 Å². The van der Waals surface area contributed by atoms with Gasteiger partial charge >= 0.3 is 5.97 Å². The van der Waals surface area contributed by atoms with E-state index >= 15 is 0 Å². The number of aromatic nitrogens is 3. The molecule has 0 saturated heterocycles. The molecule has 0 atom stereocenters. The normalized spacial score (nSPS) is 9.87. The minimum atomic E-state index is -1.05. The Bertz CT molecular complexity index is 472. The first-order valence-corrected chi connectivity index (χ1v) is 4.66. The first-order chi connectivity index (χ1) is 7.25. The first kappa shape index (κ1) is 9.53. The van der Waals surface area contributed by atoms with Crippen molar-refractivity contribution in [3.63, 3.8) is 0 Å². The highest BCUT2D eigenvalue weighted by Crippen LogP contribution is 2.21. The molecular formula is C8H5N3O3S. The highest BCUT2D eigenvalue weighted by molar-refractivity contribution is 7.07. The molecule has 0 aliphatic heterocycles. The van der Waals surface area contributed by atoms with Crippen molar-refractivity contribution < 1.29 is 14.6 Å². The van der Waals surface area contributed by atoms with Gasteiger partial charge in [0.25, 0.3) is 5.19 Å². The van der Waals surface area contributed by atoms with Crippen molar-refractivity contribution in [2.75, 3.05) is 0 Å². The molecule has 2 rings (SSSR count). The van der Waals surface area contributed by atoms with E-state index < -0.39 is 5.97 Å². The van der Waals surface area contributed by atoms with Crippen LogP contribution < -0.4 is 4.74 Å². The second-order valence-corrected chi connectivity index (χ2v) is 3.27. The van der Waals surface area contributed by atoms with Crippen LogP contribution in [0, 0.1) is 0 Å². The third kappa shape index (κ3) is 2.26. The molecule has 0 radical (unpaired) electrons. The van der Waals surface area contributed by atoms with Crippen molar-refractivity contribution in [3.8, 4) is 10.9 Å². The molecule has 2 aromatic rings. The van der Waals surface area contributed by atoms with Gasteiger partial charge in [-0.2, -0.15) is 9.36 Å². The van der Waals surface area contributed by atoms with E-state index in [1.807, 2.05) is 0 Å². The molecule has 15 heavy (non-hydrogen) atoms. The van der Waals surface area contributed by atoms with Crippen molar-refractivity contribution >= 4 is 17.5 Å². The molecule has 2 aromatic heterocycles. The maximum atomic E-state index is 10.6. The van der Waals surface area contributed by atoms with E-state index in [0.29, 0.717) is 10.9 Å². The van der Waals surface area contributed by atoms with Crippen LogP contribution in [0.1, 0.15) is 10.4 Å². The molecule has 0 amide bonds. The van der Waals surface area contributed by atoms with Gasteiger partial charge in [-0.3, -0.25) is 4.98 Å². The largest absolute Gasteiger partial charge is 0.478 e. The maximum Gasteiger partial charge on any atom is 0.337 e. The molecule has 7 heteroatoms. The number of nitrogens with zero attached hydrogens (tertiary/aromatic N) is 3. The summed E-state index contributed by atoms with van der Waals surface area (Å²) >= 11 is 1.07. The summed E-state index contributed by atoms with van der Waals surface area (Å²) in [6, 6.07) is 1.37. The van der Waals surface area contributed by atoms with Gasteiger partial charge in [-0.05, 0) is 6.07 Å². The number of ether oxygens (including phenoxy) is 1. The Kier molecular flexibility index (Phi) is 2.55. The van der Waals surface area contributed by atoms with E-state index in [4.69, 9.17) is 9.84 Å². The molecule has 0 bridgehead atoms.